The molecule has 1 aromatic heterocycles. The minimum atomic E-state index is -3.22. The molecule has 1 aromatic carbocycles. The molecular formula is C17H25N5O3S. The van der Waals surface area contributed by atoms with Gasteiger partial charge in [-0.3, -0.25) is 0 Å². The number of rotatable bonds is 3. The lowest BCUT2D eigenvalue weighted by Gasteiger charge is -2.21. The van der Waals surface area contributed by atoms with Crippen LogP contribution in [0.3, 0.4) is 0 Å². The Bertz CT molecular complexity index is 883. The topological polar surface area (TPSA) is 98.4 Å². The van der Waals surface area contributed by atoms with Gasteiger partial charge in [-0.2, -0.15) is 0 Å². The number of hydrogen-bond acceptors (Lipinski definition) is 4. The molecule has 8 nitrogen and oxygen atoms in total. The van der Waals surface area contributed by atoms with Crippen LogP contribution < -0.4 is 5.32 Å². The summed E-state index contributed by atoms with van der Waals surface area (Å²) in [6.45, 7) is 6.10. The van der Waals surface area contributed by atoms with Gasteiger partial charge in [0.1, 0.15) is 5.82 Å². The van der Waals surface area contributed by atoms with Gasteiger partial charge in [0.2, 0.25) is 10.0 Å². The molecule has 0 unspecified atom stereocenters. The van der Waals surface area contributed by atoms with Gasteiger partial charge in [0, 0.05) is 26.2 Å². The maximum absolute atomic E-state index is 12.4. The number of aromatic nitrogens is 2. The first kappa shape index (κ1) is 18.7. The zero-order valence-electron chi connectivity index (χ0n) is 15.4. The van der Waals surface area contributed by atoms with Crippen LogP contribution in [0.1, 0.15) is 23.4 Å². The van der Waals surface area contributed by atoms with E-state index in [-0.39, 0.29) is 6.03 Å². The Morgan fingerprint density at radius 3 is 2.65 bits per heavy atom. The van der Waals surface area contributed by atoms with Crippen LogP contribution in [0.25, 0.3) is 11.0 Å². The smallest absolute Gasteiger partial charge is 0.317 e. The molecule has 2 aromatic rings. The molecule has 2 amide bonds. The first-order valence-corrected chi connectivity index (χ1v) is 10.5. The fraction of sp³-hybridized carbons (Fsp3) is 0.529. The quantitative estimate of drug-likeness (QED) is 0.841. The molecule has 142 valence electrons. The van der Waals surface area contributed by atoms with E-state index in [0.717, 1.165) is 11.0 Å². The lowest BCUT2D eigenvalue weighted by molar-refractivity contribution is 0.199. The summed E-state index contributed by atoms with van der Waals surface area (Å²) >= 11 is 0. The first-order chi connectivity index (χ1) is 12.2. The summed E-state index contributed by atoms with van der Waals surface area (Å²) in [5.74, 6) is 0.700. The summed E-state index contributed by atoms with van der Waals surface area (Å²) in [6.07, 6.45) is 1.83. The van der Waals surface area contributed by atoms with E-state index in [1.54, 1.807) is 4.90 Å². The van der Waals surface area contributed by atoms with Crippen molar-refractivity contribution < 1.29 is 13.2 Å². The second-order valence-corrected chi connectivity index (χ2v) is 8.78. The average Bonchev–Trinajstić information content (AvgIpc) is 2.79. The van der Waals surface area contributed by atoms with Crippen molar-refractivity contribution in [3.05, 3.63) is 29.1 Å². The fourth-order valence-corrected chi connectivity index (χ4v) is 3.98. The number of fused-ring (bicyclic) bond motifs is 1. The maximum atomic E-state index is 12.4. The van der Waals surface area contributed by atoms with Crippen LogP contribution in [-0.2, 0) is 16.6 Å². The zero-order chi connectivity index (χ0) is 18.9. The minimum absolute atomic E-state index is 0.201. The molecule has 2 N–H and O–H groups in total. The van der Waals surface area contributed by atoms with Gasteiger partial charge in [-0.1, -0.05) is 0 Å². The number of urea groups is 1. The molecule has 1 aliphatic rings. The summed E-state index contributed by atoms with van der Waals surface area (Å²) < 4.78 is 24.7. The van der Waals surface area contributed by atoms with Crippen molar-refractivity contribution in [2.24, 2.45) is 0 Å². The van der Waals surface area contributed by atoms with Crippen LogP contribution in [0.15, 0.2) is 12.1 Å². The number of imidazole rings is 1. The van der Waals surface area contributed by atoms with Crippen molar-refractivity contribution in [2.75, 3.05) is 32.4 Å². The number of carbonyl (C=O) groups is 1. The van der Waals surface area contributed by atoms with Gasteiger partial charge in [-0.25, -0.2) is 22.5 Å². The van der Waals surface area contributed by atoms with Crippen molar-refractivity contribution in [2.45, 2.75) is 26.8 Å². The van der Waals surface area contributed by atoms with E-state index >= 15 is 0 Å². The number of hydrogen-bond donors (Lipinski definition) is 2. The largest absolute Gasteiger partial charge is 0.340 e. The van der Waals surface area contributed by atoms with Crippen molar-refractivity contribution >= 4 is 27.1 Å². The number of amides is 2. The van der Waals surface area contributed by atoms with E-state index in [4.69, 9.17) is 0 Å². The summed E-state index contributed by atoms with van der Waals surface area (Å²) in [4.78, 5) is 21.8. The highest BCUT2D eigenvalue weighted by Gasteiger charge is 2.23. The van der Waals surface area contributed by atoms with Gasteiger partial charge < -0.3 is 15.2 Å². The fourth-order valence-electron chi connectivity index (χ4n) is 3.11. The third-order valence-corrected chi connectivity index (χ3v) is 6.07. The van der Waals surface area contributed by atoms with Crippen molar-refractivity contribution in [3.63, 3.8) is 0 Å². The SMILES string of the molecule is Cc1cc2nc(CNC(=O)N3CCCN(S(C)(=O)=O)CC3)[nH]c2cc1C. The van der Waals surface area contributed by atoms with Crippen LogP contribution in [0.2, 0.25) is 0 Å². The lowest BCUT2D eigenvalue weighted by Crippen LogP contribution is -2.42. The Kier molecular flexibility index (Phi) is 5.19. The number of carbonyl (C=O) groups excluding carboxylic acids is 1. The van der Waals surface area contributed by atoms with E-state index in [1.807, 2.05) is 13.0 Å². The van der Waals surface area contributed by atoms with Crippen LogP contribution in [0.5, 0.6) is 0 Å². The lowest BCUT2D eigenvalue weighted by atomic mass is 10.1. The van der Waals surface area contributed by atoms with Crippen LogP contribution in [-0.4, -0.2) is 66.1 Å². The molecule has 0 aliphatic carbocycles. The molecular weight excluding hydrogens is 354 g/mol. The number of benzene rings is 1. The van der Waals surface area contributed by atoms with Gasteiger partial charge in [0.15, 0.2) is 0 Å². The molecule has 2 heterocycles. The highest BCUT2D eigenvalue weighted by atomic mass is 32.2. The maximum Gasteiger partial charge on any atom is 0.317 e. The van der Waals surface area contributed by atoms with Gasteiger partial charge >= 0.3 is 6.03 Å². The van der Waals surface area contributed by atoms with E-state index in [2.05, 4.69) is 28.3 Å². The first-order valence-electron chi connectivity index (χ1n) is 8.68. The Morgan fingerprint density at radius 2 is 1.92 bits per heavy atom. The summed E-state index contributed by atoms with van der Waals surface area (Å²) in [5.41, 5.74) is 4.21. The summed E-state index contributed by atoms with van der Waals surface area (Å²) in [5, 5.41) is 2.87. The monoisotopic (exact) mass is 379 g/mol. The van der Waals surface area contributed by atoms with Crippen molar-refractivity contribution in [1.29, 1.82) is 0 Å². The molecule has 3 rings (SSSR count). The average molecular weight is 379 g/mol. The van der Waals surface area contributed by atoms with Gasteiger partial charge in [0.25, 0.3) is 0 Å². The molecule has 0 radical (unpaired) electrons. The standard InChI is InChI=1S/C17H25N5O3S/c1-12-9-14-15(10-13(12)2)20-16(19-14)11-18-17(23)21-5-4-6-22(8-7-21)26(3,24)25/h9-10H,4-8,11H2,1-3H3,(H,18,23)(H,19,20). The molecule has 1 aliphatic heterocycles. The molecule has 26 heavy (non-hydrogen) atoms. The third-order valence-electron chi connectivity index (χ3n) is 4.76. The van der Waals surface area contributed by atoms with E-state index in [9.17, 15) is 13.2 Å². The normalized spacial score (nSPS) is 16.7. The Balaban J connectivity index is 1.60. The third kappa shape index (κ3) is 4.16. The molecule has 0 atom stereocenters. The van der Waals surface area contributed by atoms with E-state index in [0.29, 0.717) is 45.0 Å². The number of aromatic amines is 1. The molecule has 9 heteroatoms. The van der Waals surface area contributed by atoms with Crippen LogP contribution in [0.4, 0.5) is 4.79 Å². The van der Waals surface area contributed by atoms with E-state index < -0.39 is 10.0 Å². The minimum Gasteiger partial charge on any atom is -0.340 e. The zero-order valence-corrected chi connectivity index (χ0v) is 16.2. The van der Waals surface area contributed by atoms with Crippen LogP contribution in [0, 0.1) is 13.8 Å². The molecule has 1 saturated heterocycles. The van der Waals surface area contributed by atoms with Gasteiger partial charge in [-0.05, 0) is 43.5 Å². The highest BCUT2D eigenvalue weighted by molar-refractivity contribution is 7.88. The predicted molar refractivity (Wildman–Crippen MR) is 100 cm³/mol. The number of nitrogens with one attached hydrogen (secondary N) is 2. The Labute approximate surface area is 153 Å². The molecule has 0 spiro atoms. The number of nitrogens with zero attached hydrogens (tertiary/aromatic N) is 3. The van der Waals surface area contributed by atoms with Gasteiger partial charge in [0.05, 0.1) is 23.8 Å². The molecule has 0 bridgehead atoms. The van der Waals surface area contributed by atoms with Gasteiger partial charge in [-0.15, -0.1) is 0 Å². The Morgan fingerprint density at radius 1 is 1.19 bits per heavy atom. The van der Waals surface area contributed by atoms with Crippen LogP contribution >= 0.6 is 0 Å². The van der Waals surface area contributed by atoms with Crippen molar-refractivity contribution in [3.8, 4) is 0 Å². The predicted octanol–water partition coefficient (Wildman–Crippen LogP) is 1.36. The second-order valence-electron chi connectivity index (χ2n) is 6.80. The Hall–Kier alpha value is -2.13. The summed E-state index contributed by atoms with van der Waals surface area (Å²) in [7, 11) is -3.22. The molecule has 0 saturated carbocycles. The number of aryl methyl sites for hydroxylation is 2. The van der Waals surface area contributed by atoms with Crippen molar-refractivity contribution in [1.82, 2.24) is 24.5 Å². The number of H-pyrrole nitrogens is 1. The number of sulfonamides is 1. The summed E-state index contributed by atoms with van der Waals surface area (Å²) in [6, 6.07) is 3.88. The molecule has 1 fully saturated rings. The van der Waals surface area contributed by atoms with E-state index in [1.165, 1.54) is 21.7 Å². The highest BCUT2D eigenvalue weighted by Crippen LogP contribution is 2.17. The second kappa shape index (κ2) is 7.24.